The molecule has 0 saturated carbocycles. The summed E-state index contributed by atoms with van der Waals surface area (Å²) in [5.74, 6) is 2.51. The topological polar surface area (TPSA) is 71.3 Å². The average Bonchev–Trinajstić information content (AvgIpc) is 3.05. The number of hydrogen-bond acceptors (Lipinski definition) is 5. The quantitative estimate of drug-likeness (QED) is 0.925. The highest BCUT2D eigenvalue weighted by molar-refractivity contribution is 5.73. The van der Waals surface area contributed by atoms with Crippen LogP contribution >= 0.6 is 0 Å². The molecule has 1 aliphatic rings. The average molecular weight is 286 g/mol. The Bertz CT molecular complexity index is 626. The Hall–Kier alpha value is -2.37. The van der Waals surface area contributed by atoms with Crippen molar-refractivity contribution < 1.29 is 9.21 Å². The van der Waals surface area contributed by atoms with Crippen molar-refractivity contribution in [2.24, 2.45) is 0 Å². The number of carbonyl (C=O) groups is 1. The fraction of sp³-hybridized carbons (Fsp3) is 0.400. The van der Waals surface area contributed by atoms with Crippen LogP contribution in [0.4, 0.5) is 5.95 Å². The summed E-state index contributed by atoms with van der Waals surface area (Å²) in [6, 6.07) is 5.71. The molecule has 2 aromatic rings. The first-order valence-corrected chi connectivity index (χ1v) is 6.99. The van der Waals surface area contributed by atoms with Crippen molar-refractivity contribution in [3.05, 3.63) is 42.1 Å². The van der Waals surface area contributed by atoms with E-state index >= 15 is 0 Å². The van der Waals surface area contributed by atoms with Gasteiger partial charge >= 0.3 is 0 Å². The fourth-order valence-corrected chi connectivity index (χ4v) is 2.77. The Kier molecular flexibility index (Phi) is 3.60. The number of aromatic nitrogens is 2. The molecule has 0 aromatic carbocycles. The summed E-state index contributed by atoms with van der Waals surface area (Å²) in [6.45, 7) is 4.85. The highest BCUT2D eigenvalue weighted by Crippen LogP contribution is 2.30. The summed E-state index contributed by atoms with van der Waals surface area (Å²) in [6.07, 6.45) is 3.44. The molecule has 1 fully saturated rings. The van der Waals surface area contributed by atoms with Gasteiger partial charge in [-0.1, -0.05) is 0 Å². The van der Waals surface area contributed by atoms with Gasteiger partial charge in [-0.25, -0.2) is 9.97 Å². The monoisotopic (exact) mass is 286 g/mol. The van der Waals surface area contributed by atoms with Crippen molar-refractivity contribution in [2.75, 3.05) is 18.0 Å². The predicted molar refractivity (Wildman–Crippen MR) is 78.0 cm³/mol. The molecule has 21 heavy (non-hydrogen) atoms. The van der Waals surface area contributed by atoms with Gasteiger partial charge in [0.05, 0.1) is 12.0 Å². The van der Waals surface area contributed by atoms with Gasteiger partial charge in [-0.3, -0.25) is 4.79 Å². The number of hydrogen-bond donors (Lipinski definition) is 1. The number of aryl methyl sites for hydroxylation is 1. The zero-order valence-corrected chi connectivity index (χ0v) is 12.1. The molecule has 3 heterocycles. The van der Waals surface area contributed by atoms with Crippen molar-refractivity contribution in [3.63, 3.8) is 0 Å². The summed E-state index contributed by atoms with van der Waals surface area (Å²) in [5, 5.41) is 3.00. The van der Waals surface area contributed by atoms with Crippen LogP contribution in [0.2, 0.25) is 0 Å². The number of nitrogens with one attached hydrogen (secondary N) is 1. The minimum absolute atomic E-state index is 0.00291. The summed E-state index contributed by atoms with van der Waals surface area (Å²) < 4.78 is 5.74. The lowest BCUT2D eigenvalue weighted by molar-refractivity contribution is -0.119. The lowest BCUT2D eigenvalue weighted by Gasteiger charge is -2.16. The molecular formula is C15H18N4O2. The van der Waals surface area contributed by atoms with Gasteiger partial charge in [0, 0.05) is 32.4 Å². The van der Waals surface area contributed by atoms with Crippen molar-refractivity contribution >= 4 is 11.9 Å². The third-order valence-electron chi connectivity index (χ3n) is 3.67. The van der Waals surface area contributed by atoms with Crippen LogP contribution in [0.3, 0.4) is 0 Å². The number of furan rings is 1. The maximum atomic E-state index is 11.4. The van der Waals surface area contributed by atoms with E-state index in [1.54, 1.807) is 18.5 Å². The highest BCUT2D eigenvalue weighted by Gasteiger charge is 2.37. The summed E-state index contributed by atoms with van der Waals surface area (Å²) in [4.78, 5) is 22.1. The second-order valence-electron chi connectivity index (χ2n) is 5.32. The summed E-state index contributed by atoms with van der Waals surface area (Å²) in [5.41, 5.74) is 0. The van der Waals surface area contributed by atoms with E-state index in [4.69, 9.17) is 4.42 Å². The molecule has 0 bridgehead atoms. The summed E-state index contributed by atoms with van der Waals surface area (Å²) in [7, 11) is 0. The van der Waals surface area contributed by atoms with E-state index in [9.17, 15) is 4.79 Å². The zero-order valence-electron chi connectivity index (χ0n) is 12.1. The molecule has 2 atom stereocenters. The van der Waals surface area contributed by atoms with E-state index in [0.717, 1.165) is 18.1 Å². The van der Waals surface area contributed by atoms with E-state index in [1.807, 2.05) is 19.1 Å². The summed E-state index contributed by atoms with van der Waals surface area (Å²) >= 11 is 0. The molecule has 0 radical (unpaired) electrons. The molecule has 0 aliphatic carbocycles. The number of anilines is 1. The molecule has 1 aliphatic heterocycles. The van der Waals surface area contributed by atoms with Crippen LogP contribution in [0.25, 0.3) is 0 Å². The van der Waals surface area contributed by atoms with Crippen LogP contribution in [0.5, 0.6) is 0 Å². The van der Waals surface area contributed by atoms with Crippen molar-refractivity contribution in [1.29, 1.82) is 0 Å². The molecule has 0 spiro atoms. The molecule has 110 valence electrons. The molecule has 0 unspecified atom stereocenters. The van der Waals surface area contributed by atoms with Crippen LogP contribution in [-0.4, -0.2) is 35.0 Å². The molecule has 1 amide bonds. The Balaban J connectivity index is 1.84. The van der Waals surface area contributed by atoms with Gasteiger partial charge in [-0.05, 0) is 25.1 Å². The van der Waals surface area contributed by atoms with Crippen LogP contribution in [-0.2, 0) is 4.79 Å². The molecule has 2 aromatic heterocycles. The molecule has 1 N–H and O–H groups in total. The van der Waals surface area contributed by atoms with Gasteiger partial charge < -0.3 is 14.6 Å². The maximum absolute atomic E-state index is 11.4. The third-order valence-corrected chi connectivity index (χ3v) is 3.67. The smallest absolute Gasteiger partial charge is 0.225 e. The lowest BCUT2D eigenvalue weighted by atomic mass is 10.0. The standard InChI is InChI=1S/C15H18N4O2/c1-10-4-5-14(21-10)12-8-19(9-13(12)18-11(2)20)15-16-6-3-7-17-15/h3-7,12-13H,8-9H2,1-2H3,(H,18,20)/t12-,13-/m1/s1. The molecule has 1 saturated heterocycles. The second-order valence-corrected chi connectivity index (χ2v) is 5.32. The van der Waals surface area contributed by atoms with E-state index in [0.29, 0.717) is 12.5 Å². The van der Waals surface area contributed by atoms with Crippen LogP contribution in [0, 0.1) is 6.92 Å². The zero-order chi connectivity index (χ0) is 14.8. The minimum Gasteiger partial charge on any atom is -0.466 e. The third kappa shape index (κ3) is 2.89. The fourth-order valence-electron chi connectivity index (χ4n) is 2.77. The van der Waals surface area contributed by atoms with Crippen molar-refractivity contribution in [1.82, 2.24) is 15.3 Å². The SMILES string of the molecule is CC(=O)N[C@@H]1CN(c2ncccn2)C[C@H]1c1ccc(C)o1. The largest absolute Gasteiger partial charge is 0.466 e. The first kappa shape index (κ1) is 13.6. The van der Waals surface area contributed by atoms with Gasteiger partial charge in [0.1, 0.15) is 11.5 Å². The maximum Gasteiger partial charge on any atom is 0.225 e. The van der Waals surface area contributed by atoms with Crippen LogP contribution in [0.1, 0.15) is 24.4 Å². The Morgan fingerprint density at radius 3 is 2.71 bits per heavy atom. The molecule has 6 heteroatoms. The van der Waals surface area contributed by atoms with Crippen LogP contribution < -0.4 is 10.2 Å². The van der Waals surface area contributed by atoms with Gasteiger partial charge in [-0.2, -0.15) is 0 Å². The minimum atomic E-state index is -0.0379. The van der Waals surface area contributed by atoms with E-state index < -0.39 is 0 Å². The molecular weight excluding hydrogens is 268 g/mol. The predicted octanol–water partition coefficient (Wildman–Crippen LogP) is 1.49. The molecule has 3 rings (SSSR count). The number of carbonyl (C=O) groups excluding carboxylic acids is 1. The Morgan fingerprint density at radius 1 is 1.33 bits per heavy atom. The Morgan fingerprint density at radius 2 is 2.10 bits per heavy atom. The first-order valence-electron chi connectivity index (χ1n) is 6.99. The van der Waals surface area contributed by atoms with Gasteiger partial charge in [0.2, 0.25) is 11.9 Å². The number of amides is 1. The Labute approximate surface area is 123 Å². The van der Waals surface area contributed by atoms with Gasteiger partial charge in [0.25, 0.3) is 0 Å². The van der Waals surface area contributed by atoms with E-state index in [1.165, 1.54) is 6.92 Å². The first-order chi connectivity index (χ1) is 10.1. The normalized spacial score (nSPS) is 21.5. The van der Waals surface area contributed by atoms with Crippen molar-refractivity contribution in [2.45, 2.75) is 25.8 Å². The van der Waals surface area contributed by atoms with Crippen LogP contribution in [0.15, 0.2) is 35.0 Å². The highest BCUT2D eigenvalue weighted by atomic mass is 16.3. The van der Waals surface area contributed by atoms with Gasteiger partial charge in [0.15, 0.2) is 0 Å². The second kappa shape index (κ2) is 5.55. The number of nitrogens with zero attached hydrogens (tertiary/aromatic N) is 3. The number of rotatable bonds is 3. The van der Waals surface area contributed by atoms with E-state index in [-0.39, 0.29) is 17.9 Å². The molecule has 6 nitrogen and oxygen atoms in total. The van der Waals surface area contributed by atoms with Gasteiger partial charge in [-0.15, -0.1) is 0 Å². The lowest BCUT2D eigenvalue weighted by Crippen LogP contribution is -2.38. The van der Waals surface area contributed by atoms with Crippen molar-refractivity contribution in [3.8, 4) is 0 Å². The van der Waals surface area contributed by atoms with E-state index in [2.05, 4.69) is 20.2 Å².